The second-order valence-electron chi connectivity index (χ2n) is 3.76. The Labute approximate surface area is 118 Å². The first kappa shape index (κ1) is 13.1. The number of rotatable bonds is 2. The van der Waals surface area contributed by atoms with Crippen molar-refractivity contribution in [2.24, 2.45) is 0 Å². The van der Waals surface area contributed by atoms with Gasteiger partial charge in [-0.3, -0.25) is 4.79 Å². The maximum atomic E-state index is 12.1. The van der Waals surface area contributed by atoms with Crippen molar-refractivity contribution in [3.05, 3.63) is 57.3 Å². The Hall–Kier alpha value is -1.39. The molecule has 0 saturated carbocycles. The normalized spacial score (nSPS) is 10.2. The Bertz CT molecular complexity index is 601. The molecule has 18 heavy (non-hydrogen) atoms. The number of benzene rings is 1. The molecule has 92 valence electrons. The molecule has 0 radical (unpaired) electrons. The lowest BCUT2D eigenvalue weighted by Gasteiger charge is -2.08. The summed E-state index contributed by atoms with van der Waals surface area (Å²) in [7, 11) is 0. The Morgan fingerprint density at radius 2 is 2.17 bits per heavy atom. The largest absolute Gasteiger partial charge is 0.322 e. The molecule has 5 heteroatoms. The zero-order valence-corrected chi connectivity index (χ0v) is 11.9. The van der Waals surface area contributed by atoms with Gasteiger partial charge in [-0.2, -0.15) is 0 Å². The van der Waals surface area contributed by atoms with E-state index < -0.39 is 0 Å². The zero-order chi connectivity index (χ0) is 13.1. The topological polar surface area (TPSA) is 42.0 Å². The maximum absolute atomic E-state index is 12.1. The molecule has 2 rings (SSSR count). The third-order valence-electron chi connectivity index (χ3n) is 2.42. The number of pyridine rings is 1. The van der Waals surface area contributed by atoms with Gasteiger partial charge in [-0.1, -0.05) is 23.7 Å². The number of anilines is 1. The van der Waals surface area contributed by atoms with E-state index in [-0.39, 0.29) is 5.91 Å². The van der Waals surface area contributed by atoms with Crippen molar-refractivity contribution in [3.63, 3.8) is 0 Å². The molecule has 0 unspecified atom stereocenters. The fraction of sp³-hybridized carbons (Fsp3) is 0.0769. The van der Waals surface area contributed by atoms with Crippen molar-refractivity contribution in [1.82, 2.24) is 4.98 Å². The first-order chi connectivity index (χ1) is 8.58. The summed E-state index contributed by atoms with van der Waals surface area (Å²) in [6, 6.07) is 8.82. The lowest BCUT2D eigenvalue weighted by Crippen LogP contribution is -2.13. The smallest absolute Gasteiger partial charge is 0.256 e. The van der Waals surface area contributed by atoms with E-state index in [9.17, 15) is 4.79 Å². The van der Waals surface area contributed by atoms with Crippen LogP contribution in [0.1, 0.15) is 15.9 Å². The molecule has 1 amide bonds. The molecule has 0 aliphatic carbocycles. The van der Waals surface area contributed by atoms with E-state index in [4.69, 9.17) is 11.6 Å². The molecule has 0 fully saturated rings. The minimum atomic E-state index is -0.187. The van der Waals surface area contributed by atoms with Crippen LogP contribution in [0, 0.1) is 6.92 Å². The number of nitrogens with one attached hydrogen (secondary N) is 1. The van der Waals surface area contributed by atoms with Gasteiger partial charge in [0.25, 0.3) is 5.91 Å². The van der Waals surface area contributed by atoms with Crippen LogP contribution in [0.4, 0.5) is 5.69 Å². The summed E-state index contributed by atoms with van der Waals surface area (Å²) in [5.41, 5.74) is 2.21. The average molecular weight is 326 g/mol. The van der Waals surface area contributed by atoms with Gasteiger partial charge in [-0.25, -0.2) is 4.98 Å². The number of carbonyl (C=O) groups is 1. The second-order valence-corrected chi connectivity index (χ2v) is 4.94. The van der Waals surface area contributed by atoms with Gasteiger partial charge >= 0.3 is 0 Å². The molecule has 1 N–H and O–H groups in total. The number of aryl methyl sites for hydroxylation is 1. The van der Waals surface area contributed by atoms with Crippen molar-refractivity contribution in [3.8, 4) is 0 Å². The summed E-state index contributed by atoms with van der Waals surface area (Å²) in [4.78, 5) is 16.0. The Morgan fingerprint density at radius 3 is 2.89 bits per heavy atom. The van der Waals surface area contributed by atoms with E-state index in [0.717, 1.165) is 10.0 Å². The molecular formula is C13H10BrClN2O. The minimum absolute atomic E-state index is 0.187. The van der Waals surface area contributed by atoms with Crippen LogP contribution in [0.5, 0.6) is 0 Å². The summed E-state index contributed by atoms with van der Waals surface area (Å²) in [6.07, 6.45) is 1.54. The third kappa shape index (κ3) is 2.89. The summed E-state index contributed by atoms with van der Waals surface area (Å²) >= 11 is 9.17. The van der Waals surface area contributed by atoms with Crippen LogP contribution in [-0.2, 0) is 0 Å². The van der Waals surface area contributed by atoms with E-state index >= 15 is 0 Å². The van der Waals surface area contributed by atoms with Gasteiger partial charge in [0.15, 0.2) is 0 Å². The van der Waals surface area contributed by atoms with Crippen molar-refractivity contribution in [2.75, 3.05) is 5.32 Å². The van der Waals surface area contributed by atoms with E-state index in [1.807, 2.05) is 19.1 Å². The number of nitrogens with zero attached hydrogens (tertiary/aromatic N) is 1. The van der Waals surface area contributed by atoms with Crippen molar-refractivity contribution >= 4 is 39.1 Å². The van der Waals surface area contributed by atoms with Crippen LogP contribution in [0.15, 0.2) is 41.0 Å². The Kier molecular flexibility index (Phi) is 3.99. The summed E-state index contributed by atoms with van der Waals surface area (Å²) in [6.45, 7) is 1.93. The number of halogens is 2. The minimum Gasteiger partial charge on any atom is -0.322 e. The molecule has 0 saturated heterocycles. The van der Waals surface area contributed by atoms with Gasteiger partial charge in [-0.15, -0.1) is 0 Å². The summed E-state index contributed by atoms with van der Waals surface area (Å²) in [5, 5.41) is 3.12. The maximum Gasteiger partial charge on any atom is 0.256 e. The van der Waals surface area contributed by atoms with Crippen LogP contribution in [-0.4, -0.2) is 10.9 Å². The van der Waals surface area contributed by atoms with E-state index in [2.05, 4.69) is 26.2 Å². The van der Waals surface area contributed by atoms with Crippen LogP contribution in [0.3, 0.4) is 0 Å². The van der Waals surface area contributed by atoms with E-state index in [0.29, 0.717) is 16.4 Å². The fourth-order valence-corrected chi connectivity index (χ4v) is 2.12. The average Bonchev–Trinajstić information content (AvgIpc) is 2.32. The van der Waals surface area contributed by atoms with Gasteiger partial charge in [0, 0.05) is 16.4 Å². The molecule has 0 spiro atoms. The van der Waals surface area contributed by atoms with Crippen LogP contribution < -0.4 is 5.32 Å². The highest BCUT2D eigenvalue weighted by Crippen LogP contribution is 2.22. The van der Waals surface area contributed by atoms with Crippen molar-refractivity contribution < 1.29 is 4.79 Å². The highest BCUT2D eigenvalue weighted by atomic mass is 79.9. The quantitative estimate of drug-likeness (QED) is 0.846. The predicted molar refractivity (Wildman–Crippen MR) is 76.1 cm³/mol. The highest BCUT2D eigenvalue weighted by Gasteiger charge is 2.11. The number of hydrogen-bond donors (Lipinski definition) is 1. The summed E-state index contributed by atoms with van der Waals surface area (Å²) < 4.78 is 0.794. The molecule has 1 heterocycles. The SMILES string of the molecule is Cc1cccc(C(=O)Nc2ccnc(Cl)c2)c1Br. The molecule has 1 aromatic heterocycles. The molecule has 0 bridgehead atoms. The van der Waals surface area contributed by atoms with Crippen LogP contribution in [0.25, 0.3) is 0 Å². The molecule has 0 aliphatic heterocycles. The van der Waals surface area contributed by atoms with Gasteiger partial charge < -0.3 is 5.32 Å². The molecule has 3 nitrogen and oxygen atoms in total. The monoisotopic (exact) mass is 324 g/mol. The molecule has 2 aromatic rings. The Balaban J connectivity index is 2.25. The van der Waals surface area contributed by atoms with Gasteiger partial charge in [0.1, 0.15) is 5.15 Å². The molecule has 0 aliphatic rings. The molecule has 1 aromatic carbocycles. The fourth-order valence-electron chi connectivity index (χ4n) is 1.50. The number of aromatic nitrogens is 1. The standard InChI is InChI=1S/C13H10BrClN2O/c1-8-3-2-4-10(12(8)14)13(18)17-9-5-6-16-11(15)7-9/h2-7H,1H3,(H,16,17,18). The molecular weight excluding hydrogens is 316 g/mol. The van der Waals surface area contributed by atoms with Gasteiger partial charge in [0.2, 0.25) is 0 Å². The molecule has 0 atom stereocenters. The second kappa shape index (κ2) is 5.50. The predicted octanol–water partition coefficient (Wildman–Crippen LogP) is 4.06. The van der Waals surface area contributed by atoms with Crippen LogP contribution >= 0.6 is 27.5 Å². The van der Waals surface area contributed by atoms with Crippen LogP contribution in [0.2, 0.25) is 5.15 Å². The van der Waals surface area contributed by atoms with Crippen molar-refractivity contribution in [1.29, 1.82) is 0 Å². The highest BCUT2D eigenvalue weighted by molar-refractivity contribution is 9.10. The van der Waals surface area contributed by atoms with Gasteiger partial charge in [-0.05, 0) is 46.6 Å². The van der Waals surface area contributed by atoms with Crippen molar-refractivity contribution in [2.45, 2.75) is 6.92 Å². The third-order valence-corrected chi connectivity index (χ3v) is 3.68. The zero-order valence-electron chi connectivity index (χ0n) is 9.58. The first-order valence-electron chi connectivity index (χ1n) is 5.26. The number of amides is 1. The summed E-state index contributed by atoms with van der Waals surface area (Å²) in [5.74, 6) is -0.187. The van der Waals surface area contributed by atoms with E-state index in [1.54, 1.807) is 24.4 Å². The Morgan fingerprint density at radius 1 is 1.39 bits per heavy atom. The number of carbonyl (C=O) groups excluding carboxylic acids is 1. The lowest BCUT2D eigenvalue weighted by molar-refractivity contribution is 0.102. The van der Waals surface area contributed by atoms with E-state index in [1.165, 1.54) is 0 Å². The van der Waals surface area contributed by atoms with Gasteiger partial charge in [0.05, 0.1) is 5.56 Å². The lowest BCUT2D eigenvalue weighted by atomic mass is 10.1. The number of hydrogen-bond acceptors (Lipinski definition) is 2. The first-order valence-corrected chi connectivity index (χ1v) is 6.43.